The van der Waals surface area contributed by atoms with Crippen LogP contribution in [0.2, 0.25) is 0 Å². The maximum Gasteiger partial charge on any atom is -0.0164 e. The van der Waals surface area contributed by atoms with Gasteiger partial charge in [-0.15, -0.1) is 0 Å². The SMILES string of the molecule is C1CC23CC1C2C12CC4C1C43C2. The molecule has 0 aromatic carbocycles. The van der Waals surface area contributed by atoms with Crippen molar-refractivity contribution in [2.45, 2.75) is 32.1 Å². The first-order valence-corrected chi connectivity index (χ1v) is 5.85. The van der Waals surface area contributed by atoms with Crippen LogP contribution in [0.25, 0.3) is 0 Å². The van der Waals surface area contributed by atoms with Gasteiger partial charge in [0.15, 0.2) is 0 Å². The van der Waals surface area contributed by atoms with Crippen molar-refractivity contribution in [1.29, 1.82) is 0 Å². The molecule has 12 heavy (non-hydrogen) atoms. The predicted molar refractivity (Wildman–Crippen MR) is 44.3 cm³/mol. The molecule has 0 N–H and O–H groups in total. The van der Waals surface area contributed by atoms with Crippen LogP contribution in [0.3, 0.4) is 0 Å². The summed E-state index contributed by atoms with van der Waals surface area (Å²) in [6.45, 7) is 0. The number of hydrogen-bond donors (Lipinski definition) is 0. The zero-order valence-corrected chi connectivity index (χ0v) is 7.34. The third-order valence-corrected chi connectivity index (χ3v) is 7.55. The maximum atomic E-state index is 1.72. The van der Waals surface area contributed by atoms with Gasteiger partial charge in [0.2, 0.25) is 0 Å². The molecular formula is C12H14. The van der Waals surface area contributed by atoms with Crippen LogP contribution in [0, 0.1) is 39.9 Å². The van der Waals surface area contributed by atoms with Crippen LogP contribution in [0.1, 0.15) is 32.1 Å². The van der Waals surface area contributed by atoms with E-state index in [1.54, 1.807) is 32.1 Å². The van der Waals surface area contributed by atoms with Gasteiger partial charge >= 0.3 is 0 Å². The highest BCUT2D eigenvalue weighted by Crippen LogP contribution is 3.10. The van der Waals surface area contributed by atoms with E-state index < -0.39 is 0 Å². The lowest BCUT2D eigenvalue weighted by Gasteiger charge is -2.53. The predicted octanol–water partition coefficient (Wildman–Crippen LogP) is 2.44. The Morgan fingerprint density at radius 3 is 2.83 bits per heavy atom. The van der Waals surface area contributed by atoms with Gasteiger partial charge in [-0.1, -0.05) is 0 Å². The van der Waals surface area contributed by atoms with Crippen molar-refractivity contribution < 1.29 is 0 Å². The van der Waals surface area contributed by atoms with Gasteiger partial charge in [0.1, 0.15) is 0 Å². The molecule has 0 nitrogen and oxygen atoms in total. The first-order valence-electron chi connectivity index (χ1n) is 5.85. The van der Waals surface area contributed by atoms with Crippen LogP contribution in [0.4, 0.5) is 0 Å². The van der Waals surface area contributed by atoms with Gasteiger partial charge in [-0.3, -0.25) is 0 Å². The Labute approximate surface area is 72.7 Å². The molecule has 7 aliphatic rings. The summed E-state index contributed by atoms with van der Waals surface area (Å²) >= 11 is 0. The van der Waals surface area contributed by atoms with Crippen molar-refractivity contribution in [2.75, 3.05) is 0 Å². The minimum atomic E-state index is 1.01. The third kappa shape index (κ3) is 0.180. The van der Waals surface area contributed by atoms with Crippen LogP contribution < -0.4 is 0 Å². The van der Waals surface area contributed by atoms with Gasteiger partial charge in [0, 0.05) is 0 Å². The van der Waals surface area contributed by atoms with Crippen molar-refractivity contribution in [3.8, 4) is 0 Å². The fourth-order valence-electron chi connectivity index (χ4n) is 7.93. The Morgan fingerprint density at radius 2 is 2.08 bits per heavy atom. The van der Waals surface area contributed by atoms with Gasteiger partial charge in [0.25, 0.3) is 0 Å². The second-order valence-electron chi connectivity index (χ2n) is 6.88. The summed E-state index contributed by atoms with van der Waals surface area (Å²) in [6.07, 6.45) is 8.40. The summed E-state index contributed by atoms with van der Waals surface area (Å²) in [5.74, 6) is 5.13. The lowest BCUT2D eigenvalue weighted by Crippen LogP contribution is -2.48. The van der Waals surface area contributed by atoms with E-state index in [9.17, 15) is 0 Å². The summed E-state index contributed by atoms with van der Waals surface area (Å²) in [5, 5.41) is 0. The number of rotatable bonds is 0. The molecule has 0 heteroatoms. The summed E-state index contributed by atoms with van der Waals surface area (Å²) in [7, 11) is 0. The molecule has 0 saturated heterocycles. The molecule has 7 fully saturated rings. The molecule has 4 bridgehead atoms. The van der Waals surface area contributed by atoms with E-state index in [1.807, 2.05) is 0 Å². The highest BCUT2D eigenvalue weighted by atomic mass is 15.1. The van der Waals surface area contributed by atoms with Crippen LogP contribution in [0.5, 0.6) is 0 Å². The Balaban J connectivity index is 1.79. The Kier molecular flexibility index (Phi) is 0.376. The second-order valence-corrected chi connectivity index (χ2v) is 6.88. The van der Waals surface area contributed by atoms with Gasteiger partial charge in [-0.25, -0.2) is 0 Å². The number of fused-ring (bicyclic) bond motifs is 1. The summed E-state index contributed by atoms with van der Waals surface area (Å²) in [6, 6.07) is 0. The van der Waals surface area contributed by atoms with Gasteiger partial charge in [0.05, 0.1) is 0 Å². The fraction of sp³-hybridized carbons (Fsp3) is 1.00. The summed E-state index contributed by atoms with van der Waals surface area (Å²) in [5.41, 5.74) is 3.06. The van der Waals surface area contributed by atoms with Crippen LogP contribution in [0.15, 0.2) is 0 Å². The summed E-state index contributed by atoms with van der Waals surface area (Å²) < 4.78 is 0. The Bertz CT molecular complexity index is 355. The highest BCUT2D eigenvalue weighted by Gasteiger charge is 3.05. The van der Waals surface area contributed by atoms with Crippen molar-refractivity contribution in [3.63, 3.8) is 0 Å². The standard InChI is InChI=1S/C12H14/c1-2-11-3-6(1)8(11)10-4-7-9(10)12(7,11)5-10/h6-9H,1-5H2. The molecule has 7 rings (SSSR count). The first kappa shape index (κ1) is 5.02. The van der Waals surface area contributed by atoms with Gasteiger partial charge < -0.3 is 0 Å². The average molecular weight is 158 g/mol. The van der Waals surface area contributed by atoms with E-state index in [-0.39, 0.29) is 0 Å². The zero-order valence-electron chi connectivity index (χ0n) is 7.34. The first-order chi connectivity index (χ1) is 5.85. The van der Waals surface area contributed by atoms with Gasteiger partial charge in [-0.2, -0.15) is 0 Å². The van der Waals surface area contributed by atoms with E-state index in [4.69, 9.17) is 0 Å². The van der Waals surface area contributed by atoms with Crippen molar-refractivity contribution in [3.05, 3.63) is 0 Å². The van der Waals surface area contributed by atoms with E-state index >= 15 is 0 Å². The van der Waals surface area contributed by atoms with E-state index in [1.165, 1.54) is 23.7 Å². The molecule has 7 saturated carbocycles. The van der Waals surface area contributed by atoms with E-state index in [2.05, 4.69) is 0 Å². The monoisotopic (exact) mass is 158 g/mol. The minimum Gasteiger partial charge on any atom is -0.0496 e. The Morgan fingerprint density at radius 1 is 1.08 bits per heavy atom. The second kappa shape index (κ2) is 0.898. The molecule has 7 unspecified atom stereocenters. The topological polar surface area (TPSA) is 0 Å². The quantitative estimate of drug-likeness (QED) is 0.508. The fourth-order valence-corrected chi connectivity index (χ4v) is 7.93. The average Bonchev–Trinajstić information content (AvgIpc) is 2.52. The lowest BCUT2D eigenvalue weighted by molar-refractivity contribution is -0.0593. The van der Waals surface area contributed by atoms with Crippen LogP contribution in [-0.2, 0) is 0 Å². The van der Waals surface area contributed by atoms with E-state index in [0.29, 0.717) is 0 Å². The molecule has 0 aromatic rings. The Hall–Kier alpha value is 0. The molecule has 0 aromatic heterocycles. The van der Waals surface area contributed by atoms with Crippen molar-refractivity contribution >= 4 is 0 Å². The largest absolute Gasteiger partial charge is 0.0496 e. The van der Waals surface area contributed by atoms with E-state index in [0.717, 1.165) is 16.2 Å². The highest BCUT2D eigenvalue weighted by molar-refractivity contribution is 5.52. The number of hydrogen-bond acceptors (Lipinski definition) is 0. The molecule has 62 valence electrons. The minimum absolute atomic E-state index is 1.01. The maximum absolute atomic E-state index is 1.72. The zero-order chi connectivity index (χ0) is 7.34. The molecule has 0 amide bonds. The smallest absolute Gasteiger partial charge is 0.0164 e. The van der Waals surface area contributed by atoms with Crippen molar-refractivity contribution in [2.24, 2.45) is 39.9 Å². The van der Waals surface area contributed by atoms with Crippen LogP contribution >= 0.6 is 0 Å². The van der Waals surface area contributed by atoms with Crippen LogP contribution in [-0.4, -0.2) is 0 Å². The molecular weight excluding hydrogens is 144 g/mol. The molecule has 0 heterocycles. The molecule has 7 aliphatic carbocycles. The normalized spacial score (nSPS) is 94.0. The summed E-state index contributed by atoms with van der Waals surface area (Å²) in [4.78, 5) is 0. The molecule has 0 aliphatic heterocycles. The molecule has 7 atom stereocenters. The van der Waals surface area contributed by atoms with Crippen molar-refractivity contribution in [1.82, 2.24) is 0 Å². The molecule has 1 spiro atoms. The lowest BCUT2D eigenvalue weighted by atomic mass is 9.51. The third-order valence-electron chi connectivity index (χ3n) is 7.55. The van der Waals surface area contributed by atoms with Gasteiger partial charge in [-0.05, 0) is 72.0 Å². The molecule has 0 radical (unpaired) electrons.